The lowest BCUT2D eigenvalue weighted by Crippen LogP contribution is -2.14. The van der Waals surface area contributed by atoms with Crippen molar-refractivity contribution in [1.82, 2.24) is 0 Å². The number of benzene rings is 1. The Kier molecular flexibility index (Phi) is 4.66. The average molecular weight is 331 g/mol. The van der Waals surface area contributed by atoms with Crippen LogP contribution in [0.2, 0.25) is 0 Å². The van der Waals surface area contributed by atoms with Crippen molar-refractivity contribution in [3.63, 3.8) is 0 Å². The van der Waals surface area contributed by atoms with Crippen molar-refractivity contribution >= 4 is 34.3 Å². The Morgan fingerprint density at radius 2 is 1.53 bits per heavy atom. The second-order valence-electron chi connectivity index (χ2n) is 3.90. The molecule has 0 aromatic heterocycles. The first-order valence-electron chi connectivity index (χ1n) is 5.22. The van der Waals surface area contributed by atoms with E-state index in [1.807, 2.05) is 0 Å². The number of phenolic OH excluding ortho intramolecular Hbond substituents is 3. The number of aldehydes is 2. The number of rotatable bonds is 5. The fraction of sp³-hybridized carbons (Fsp3) is 0.250. The van der Waals surface area contributed by atoms with Gasteiger partial charge in [0.15, 0.2) is 18.4 Å². The van der Waals surface area contributed by atoms with Crippen LogP contribution >= 0.6 is 15.9 Å². The number of Topliss-reactive ketones (excluding diaryl/α,β-unsaturated/α-hetero) is 1. The Morgan fingerprint density at radius 1 is 1.11 bits per heavy atom. The minimum atomic E-state index is -0.858. The molecule has 0 fully saturated rings. The van der Waals surface area contributed by atoms with Gasteiger partial charge in [0.2, 0.25) is 0 Å². The van der Waals surface area contributed by atoms with E-state index in [2.05, 4.69) is 15.9 Å². The first-order chi connectivity index (χ1) is 8.90. The predicted octanol–water partition coefficient (Wildman–Crippen LogP) is 1.64. The minimum Gasteiger partial charge on any atom is -0.506 e. The summed E-state index contributed by atoms with van der Waals surface area (Å²) in [6.45, 7) is 1.53. The van der Waals surface area contributed by atoms with Crippen molar-refractivity contribution in [2.45, 2.75) is 6.92 Å². The number of hydrogen-bond acceptors (Lipinski definition) is 6. The predicted molar refractivity (Wildman–Crippen MR) is 69.5 cm³/mol. The van der Waals surface area contributed by atoms with E-state index in [1.165, 1.54) is 6.92 Å². The maximum atomic E-state index is 12.0. The molecule has 0 aliphatic carbocycles. The third kappa shape index (κ3) is 2.46. The number of aromatic hydroxyl groups is 3. The zero-order valence-electron chi connectivity index (χ0n) is 9.88. The zero-order valence-corrected chi connectivity index (χ0v) is 11.5. The Bertz CT molecular complexity index is 517. The molecule has 6 nitrogen and oxygen atoms in total. The van der Waals surface area contributed by atoms with Gasteiger partial charge in [-0.05, 0) is 0 Å². The highest BCUT2D eigenvalue weighted by Gasteiger charge is 2.29. The van der Waals surface area contributed by atoms with Gasteiger partial charge in [-0.1, -0.05) is 22.9 Å². The molecule has 0 aliphatic heterocycles. The number of ketones is 1. The molecule has 0 saturated heterocycles. The molecule has 1 aromatic carbocycles. The van der Waals surface area contributed by atoms with E-state index >= 15 is 0 Å². The first-order valence-corrected chi connectivity index (χ1v) is 6.34. The molecule has 0 amide bonds. The molecule has 3 N–H and O–H groups in total. The van der Waals surface area contributed by atoms with Crippen LogP contribution in [-0.2, 0) is 0 Å². The smallest absolute Gasteiger partial charge is 0.174 e. The molecule has 1 unspecified atom stereocenters. The number of hydrogen-bond donors (Lipinski definition) is 3. The summed E-state index contributed by atoms with van der Waals surface area (Å²) in [7, 11) is 0. The second kappa shape index (κ2) is 5.83. The highest BCUT2D eigenvalue weighted by molar-refractivity contribution is 9.09. The monoisotopic (exact) mass is 330 g/mol. The van der Waals surface area contributed by atoms with Crippen LogP contribution in [0, 0.1) is 5.92 Å². The van der Waals surface area contributed by atoms with Gasteiger partial charge in [0.05, 0.1) is 11.1 Å². The molecule has 0 radical (unpaired) electrons. The molecule has 1 aromatic rings. The van der Waals surface area contributed by atoms with E-state index in [-0.39, 0.29) is 17.9 Å². The third-order valence-electron chi connectivity index (χ3n) is 2.66. The van der Waals surface area contributed by atoms with Crippen LogP contribution in [0.5, 0.6) is 17.2 Å². The molecule has 0 heterocycles. The van der Waals surface area contributed by atoms with Gasteiger partial charge < -0.3 is 15.3 Å². The summed E-state index contributed by atoms with van der Waals surface area (Å²) in [6, 6.07) is 0. The van der Waals surface area contributed by atoms with E-state index in [4.69, 9.17) is 0 Å². The summed E-state index contributed by atoms with van der Waals surface area (Å²) in [5.41, 5.74) is -1.76. The van der Waals surface area contributed by atoms with Gasteiger partial charge in [-0.15, -0.1) is 0 Å². The summed E-state index contributed by atoms with van der Waals surface area (Å²) in [4.78, 5) is 33.6. The Labute approximate surface area is 116 Å². The van der Waals surface area contributed by atoms with E-state index < -0.39 is 45.6 Å². The van der Waals surface area contributed by atoms with Crippen molar-refractivity contribution in [2.75, 3.05) is 5.33 Å². The molecule has 1 atom stereocenters. The molecule has 0 aliphatic rings. The number of carbonyl (C=O) groups excluding carboxylic acids is 3. The van der Waals surface area contributed by atoms with Crippen LogP contribution in [0.15, 0.2) is 0 Å². The van der Waals surface area contributed by atoms with Crippen LogP contribution in [0.1, 0.15) is 38.0 Å². The Balaban J connectivity index is 3.69. The van der Waals surface area contributed by atoms with E-state index in [1.54, 1.807) is 0 Å². The lowest BCUT2D eigenvalue weighted by molar-refractivity contribution is 0.0937. The van der Waals surface area contributed by atoms with Crippen LogP contribution in [-0.4, -0.2) is 39.0 Å². The maximum absolute atomic E-state index is 12.0. The number of alkyl halides is 1. The summed E-state index contributed by atoms with van der Waals surface area (Å²) in [5.74, 6) is -3.79. The fourth-order valence-electron chi connectivity index (χ4n) is 1.52. The molecule has 0 spiro atoms. The SMILES string of the molecule is CC(CBr)C(=O)c1c(O)c(C=O)c(O)c(C=O)c1O. The van der Waals surface area contributed by atoms with Crippen molar-refractivity contribution < 1.29 is 29.7 Å². The van der Waals surface area contributed by atoms with Gasteiger partial charge in [0, 0.05) is 11.2 Å². The van der Waals surface area contributed by atoms with E-state index in [9.17, 15) is 29.7 Å². The molecule has 1 rings (SSSR count). The van der Waals surface area contributed by atoms with E-state index in [0.29, 0.717) is 0 Å². The van der Waals surface area contributed by atoms with Crippen LogP contribution in [0.4, 0.5) is 0 Å². The highest BCUT2D eigenvalue weighted by atomic mass is 79.9. The number of phenols is 3. The third-order valence-corrected chi connectivity index (χ3v) is 3.63. The number of carbonyl (C=O) groups is 3. The molecule has 0 bridgehead atoms. The summed E-state index contributed by atoms with van der Waals surface area (Å²) in [6.07, 6.45) is 0.208. The molecular formula is C12H11BrO6. The number of halogens is 1. The summed E-state index contributed by atoms with van der Waals surface area (Å²) in [5, 5.41) is 29.4. The zero-order chi connectivity index (χ0) is 14.7. The molecule has 19 heavy (non-hydrogen) atoms. The van der Waals surface area contributed by atoms with Crippen molar-refractivity contribution in [3.05, 3.63) is 16.7 Å². The maximum Gasteiger partial charge on any atom is 0.174 e. The van der Waals surface area contributed by atoms with Crippen molar-refractivity contribution in [1.29, 1.82) is 0 Å². The second-order valence-corrected chi connectivity index (χ2v) is 4.55. The molecule has 7 heteroatoms. The van der Waals surface area contributed by atoms with Crippen LogP contribution < -0.4 is 0 Å². The van der Waals surface area contributed by atoms with Gasteiger partial charge in [-0.2, -0.15) is 0 Å². The van der Waals surface area contributed by atoms with Crippen molar-refractivity contribution in [2.24, 2.45) is 5.92 Å². The van der Waals surface area contributed by atoms with Gasteiger partial charge >= 0.3 is 0 Å². The minimum absolute atomic E-state index is 0.104. The Morgan fingerprint density at radius 3 is 1.84 bits per heavy atom. The summed E-state index contributed by atoms with van der Waals surface area (Å²) < 4.78 is 0. The largest absolute Gasteiger partial charge is 0.506 e. The lowest BCUT2D eigenvalue weighted by atomic mass is 9.94. The van der Waals surface area contributed by atoms with Crippen LogP contribution in [0.3, 0.4) is 0 Å². The average Bonchev–Trinajstić information content (AvgIpc) is 2.38. The molecular weight excluding hydrogens is 320 g/mol. The quantitative estimate of drug-likeness (QED) is 0.430. The summed E-state index contributed by atoms with van der Waals surface area (Å²) >= 11 is 3.07. The standard InChI is InChI=1S/C12H11BrO6/c1-5(2-13)9(16)8-11(18)6(3-14)10(17)7(4-15)12(8)19/h3-5,17-19H,2H2,1H3. The normalized spacial score (nSPS) is 11.9. The van der Waals surface area contributed by atoms with Gasteiger partial charge in [-0.3, -0.25) is 14.4 Å². The Hall–Kier alpha value is -1.89. The van der Waals surface area contributed by atoms with Gasteiger partial charge in [-0.25, -0.2) is 0 Å². The molecule has 0 saturated carbocycles. The van der Waals surface area contributed by atoms with Gasteiger partial charge in [0.1, 0.15) is 22.8 Å². The van der Waals surface area contributed by atoms with E-state index in [0.717, 1.165) is 0 Å². The highest BCUT2D eigenvalue weighted by Crippen LogP contribution is 2.41. The van der Waals surface area contributed by atoms with Gasteiger partial charge in [0.25, 0.3) is 0 Å². The topological polar surface area (TPSA) is 112 Å². The molecule has 102 valence electrons. The fourth-order valence-corrected chi connectivity index (χ4v) is 1.82. The first kappa shape index (κ1) is 15.2. The lowest BCUT2D eigenvalue weighted by Gasteiger charge is -2.14. The van der Waals surface area contributed by atoms with Crippen molar-refractivity contribution in [3.8, 4) is 17.2 Å². The van der Waals surface area contributed by atoms with Crippen LogP contribution in [0.25, 0.3) is 0 Å².